The summed E-state index contributed by atoms with van der Waals surface area (Å²) in [5.41, 5.74) is 5.08. The summed E-state index contributed by atoms with van der Waals surface area (Å²) in [4.78, 5) is 10.4. The van der Waals surface area contributed by atoms with Gasteiger partial charge in [0.15, 0.2) is 6.17 Å². The van der Waals surface area contributed by atoms with Crippen LogP contribution in [0.4, 0.5) is 13.2 Å². The Morgan fingerprint density at radius 1 is 1.33 bits per heavy atom. The molecule has 3 N–H and O–H groups in total. The van der Waals surface area contributed by atoms with E-state index in [2.05, 4.69) is 5.92 Å². The zero-order chi connectivity index (χ0) is 13.7. The van der Waals surface area contributed by atoms with Gasteiger partial charge in [-0.15, -0.1) is 0 Å². The number of nitrogens with two attached hydrogens (primary N) is 1. The zero-order valence-electron chi connectivity index (χ0n) is 9.16. The average molecular weight is 257 g/mol. The Balaban J connectivity index is 2.72. The summed E-state index contributed by atoms with van der Waals surface area (Å²) in [7, 11) is 0. The van der Waals surface area contributed by atoms with Crippen molar-refractivity contribution in [1.82, 2.24) is 0 Å². The van der Waals surface area contributed by atoms with Crippen molar-refractivity contribution in [1.29, 1.82) is 0 Å². The zero-order valence-corrected chi connectivity index (χ0v) is 9.16. The minimum atomic E-state index is -1.78. The van der Waals surface area contributed by atoms with Crippen LogP contribution in [0.5, 0.6) is 0 Å². The Morgan fingerprint density at radius 2 is 1.89 bits per heavy atom. The van der Waals surface area contributed by atoms with Crippen LogP contribution in [0.15, 0.2) is 18.2 Å². The molecular formula is C12H10F3NO2. The van der Waals surface area contributed by atoms with Crippen molar-refractivity contribution in [2.24, 2.45) is 5.73 Å². The smallest absolute Gasteiger partial charge is 0.320 e. The molecular weight excluding hydrogens is 247 g/mol. The first-order valence-corrected chi connectivity index (χ1v) is 4.98. The van der Waals surface area contributed by atoms with Crippen LogP contribution in [0.3, 0.4) is 0 Å². The molecule has 0 saturated heterocycles. The number of alkyl halides is 1. The lowest BCUT2D eigenvalue weighted by molar-refractivity contribution is -0.138. The molecule has 1 aromatic rings. The molecule has 0 aliphatic rings. The maximum atomic E-state index is 13.2. The second kappa shape index (κ2) is 6.07. The number of carboxylic acid groups (broad SMARTS) is 1. The van der Waals surface area contributed by atoms with Crippen LogP contribution in [-0.2, 0) is 4.79 Å². The number of carboxylic acids is 1. The molecule has 0 unspecified atom stereocenters. The van der Waals surface area contributed by atoms with E-state index in [-0.39, 0.29) is 5.56 Å². The predicted molar refractivity (Wildman–Crippen MR) is 58.4 cm³/mol. The van der Waals surface area contributed by atoms with E-state index in [1.807, 2.05) is 5.92 Å². The van der Waals surface area contributed by atoms with Gasteiger partial charge in [-0.2, -0.15) is 0 Å². The monoisotopic (exact) mass is 257 g/mol. The lowest BCUT2D eigenvalue weighted by atomic mass is 10.1. The molecule has 96 valence electrons. The Kier molecular flexibility index (Phi) is 4.75. The molecule has 18 heavy (non-hydrogen) atoms. The van der Waals surface area contributed by atoms with Gasteiger partial charge >= 0.3 is 5.97 Å². The number of halogens is 3. The van der Waals surface area contributed by atoms with Crippen LogP contribution in [0, 0.1) is 23.5 Å². The molecule has 2 atom stereocenters. The topological polar surface area (TPSA) is 63.3 Å². The van der Waals surface area contributed by atoms with Crippen molar-refractivity contribution in [2.75, 3.05) is 0 Å². The fourth-order valence-corrected chi connectivity index (χ4v) is 1.17. The van der Waals surface area contributed by atoms with Gasteiger partial charge in [0, 0.05) is 18.1 Å². The molecule has 0 aliphatic carbocycles. The molecule has 0 heterocycles. The molecule has 0 amide bonds. The normalized spacial score (nSPS) is 13.3. The van der Waals surface area contributed by atoms with E-state index in [9.17, 15) is 18.0 Å². The lowest BCUT2D eigenvalue weighted by Gasteiger charge is -2.05. The highest BCUT2D eigenvalue weighted by atomic mass is 19.1. The Bertz CT molecular complexity index is 488. The van der Waals surface area contributed by atoms with Crippen molar-refractivity contribution in [2.45, 2.75) is 18.6 Å². The molecule has 0 spiro atoms. The second-order valence-corrected chi connectivity index (χ2v) is 3.58. The number of benzene rings is 1. The van der Waals surface area contributed by atoms with Crippen LogP contribution in [-0.4, -0.2) is 23.3 Å². The largest absolute Gasteiger partial charge is 0.480 e. The second-order valence-electron chi connectivity index (χ2n) is 3.58. The van der Waals surface area contributed by atoms with E-state index in [0.29, 0.717) is 6.07 Å². The summed E-state index contributed by atoms with van der Waals surface area (Å²) in [6.07, 6.45) is -2.26. The molecule has 3 nitrogen and oxygen atoms in total. The summed E-state index contributed by atoms with van der Waals surface area (Å²) in [5, 5.41) is 8.45. The molecule has 0 fully saturated rings. The third-order valence-electron chi connectivity index (χ3n) is 2.01. The third kappa shape index (κ3) is 4.47. The van der Waals surface area contributed by atoms with E-state index >= 15 is 0 Å². The average Bonchev–Trinajstić information content (AvgIpc) is 2.25. The predicted octanol–water partition coefficient (Wildman–Crippen LogP) is 1.46. The van der Waals surface area contributed by atoms with Gasteiger partial charge in [0.2, 0.25) is 0 Å². The summed E-state index contributed by atoms with van der Waals surface area (Å²) in [6, 6.07) is 1.19. The standard InChI is InChI=1S/C12H10F3NO2/c13-8(6-11(16)12(17)18)2-1-7-3-9(14)5-10(15)4-7/h3-5,8,11H,6,16H2,(H,17,18)/t8-,11+/m0/s1. The van der Waals surface area contributed by atoms with E-state index < -0.39 is 36.2 Å². The highest BCUT2D eigenvalue weighted by molar-refractivity contribution is 5.73. The van der Waals surface area contributed by atoms with Crippen molar-refractivity contribution >= 4 is 5.97 Å². The first-order chi connectivity index (χ1) is 8.38. The summed E-state index contributed by atoms with van der Waals surface area (Å²) in [5.74, 6) is 1.28. The van der Waals surface area contributed by atoms with Crippen LogP contribution in [0.1, 0.15) is 12.0 Å². The Labute approximate surface area is 101 Å². The third-order valence-corrected chi connectivity index (χ3v) is 2.01. The highest BCUT2D eigenvalue weighted by Crippen LogP contribution is 2.07. The maximum Gasteiger partial charge on any atom is 0.320 e. The molecule has 0 saturated carbocycles. The number of hydrogen-bond acceptors (Lipinski definition) is 2. The first-order valence-electron chi connectivity index (χ1n) is 4.98. The van der Waals surface area contributed by atoms with Gasteiger partial charge in [0.25, 0.3) is 0 Å². The van der Waals surface area contributed by atoms with Gasteiger partial charge in [-0.05, 0) is 12.1 Å². The van der Waals surface area contributed by atoms with Gasteiger partial charge in [-0.25, -0.2) is 13.2 Å². The summed E-state index contributed by atoms with van der Waals surface area (Å²) in [6.45, 7) is 0. The lowest BCUT2D eigenvalue weighted by Crippen LogP contribution is -2.32. The highest BCUT2D eigenvalue weighted by Gasteiger charge is 2.16. The summed E-state index contributed by atoms with van der Waals surface area (Å²) >= 11 is 0. The van der Waals surface area contributed by atoms with Gasteiger partial charge in [0.05, 0.1) is 0 Å². The van der Waals surface area contributed by atoms with E-state index in [4.69, 9.17) is 10.8 Å². The van der Waals surface area contributed by atoms with Crippen molar-refractivity contribution in [3.05, 3.63) is 35.4 Å². The Morgan fingerprint density at radius 3 is 2.39 bits per heavy atom. The first kappa shape index (κ1) is 14.1. The number of hydrogen-bond donors (Lipinski definition) is 2. The van der Waals surface area contributed by atoms with E-state index in [1.165, 1.54) is 0 Å². The molecule has 0 bridgehead atoms. The van der Waals surface area contributed by atoms with E-state index in [1.54, 1.807) is 0 Å². The number of aliphatic carboxylic acids is 1. The van der Waals surface area contributed by atoms with E-state index in [0.717, 1.165) is 12.1 Å². The van der Waals surface area contributed by atoms with Gasteiger partial charge in [-0.3, -0.25) is 4.79 Å². The quantitative estimate of drug-likeness (QED) is 0.806. The summed E-state index contributed by atoms with van der Waals surface area (Å²) < 4.78 is 38.7. The number of rotatable bonds is 3. The molecule has 0 aliphatic heterocycles. The van der Waals surface area contributed by atoms with Crippen LogP contribution >= 0.6 is 0 Å². The molecule has 6 heteroatoms. The molecule has 0 radical (unpaired) electrons. The fourth-order valence-electron chi connectivity index (χ4n) is 1.17. The fraction of sp³-hybridized carbons (Fsp3) is 0.250. The number of carbonyl (C=O) groups is 1. The minimum absolute atomic E-state index is 0.0287. The Hall–Kier alpha value is -2.00. The van der Waals surface area contributed by atoms with Gasteiger partial charge in [-0.1, -0.05) is 11.8 Å². The van der Waals surface area contributed by atoms with Crippen molar-refractivity contribution < 1.29 is 23.1 Å². The minimum Gasteiger partial charge on any atom is -0.480 e. The molecule has 1 rings (SSSR count). The molecule has 0 aromatic heterocycles. The molecule has 1 aromatic carbocycles. The van der Waals surface area contributed by atoms with Crippen LogP contribution in [0.2, 0.25) is 0 Å². The van der Waals surface area contributed by atoms with Crippen molar-refractivity contribution in [3.63, 3.8) is 0 Å². The van der Waals surface area contributed by atoms with Gasteiger partial charge < -0.3 is 10.8 Å². The van der Waals surface area contributed by atoms with Crippen LogP contribution < -0.4 is 5.73 Å². The SMILES string of the molecule is N[C@H](C[C@@H](F)C#Cc1cc(F)cc(F)c1)C(=O)O. The van der Waals surface area contributed by atoms with Crippen molar-refractivity contribution in [3.8, 4) is 11.8 Å². The van der Waals surface area contributed by atoms with Crippen LogP contribution in [0.25, 0.3) is 0 Å². The maximum absolute atomic E-state index is 13.2. The van der Waals surface area contributed by atoms with Gasteiger partial charge in [0.1, 0.15) is 17.7 Å².